The van der Waals surface area contributed by atoms with E-state index in [1.807, 2.05) is 0 Å². The Hall–Kier alpha value is -0.240. The van der Waals surface area contributed by atoms with E-state index in [2.05, 4.69) is 12.2 Å². The zero-order valence-corrected chi connectivity index (χ0v) is 11.5. The Morgan fingerprint density at radius 3 is 2.35 bits per heavy atom. The maximum atomic E-state index is 12.1. The van der Waals surface area contributed by atoms with Gasteiger partial charge in [0.2, 0.25) is 5.91 Å². The largest absolute Gasteiger partial charge is 0.352 e. The van der Waals surface area contributed by atoms with Gasteiger partial charge in [-0.05, 0) is 44.4 Å². The molecule has 3 heteroatoms. The molecular formula is C14H24ClNO. The lowest BCUT2D eigenvalue weighted by atomic mass is 9.82. The topological polar surface area (TPSA) is 29.1 Å². The summed E-state index contributed by atoms with van der Waals surface area (Å²) >= 11 is 6.27. The molecular weight excluding hydrogens is 234 g/mol. The number of carbonyl (C=O) groups excluding carboxylic acids is 1. The highest BCUT2D eigenvalue weighted by Crippen LogP contribution is 2.29. The molecule has 98 valence electrons. The Balaban J connectivity index is 1.79. The van der Waals surface area contributed by atoms with Crippen molar-refractivity contribution in [3.63, 3.8) is 0 Å². The van der Waals surface area contributed by atoms with E-state index < -0.39 is 0 Å². The van der Waals surface area contributed by atoms with E-state index in [9.17, 15) is 4.79 Å². The third-order valence-electron chi connectivity index (χ3n) is 4.40. The van der Waals surface area contributed by atoms with Crippen molar-refractivity contribution in [3.05, 3.63) is 0 Å². The average Bonchev–Trinajstić information content (AvgIpc) is 2.33. The van der Waals surface area contributed by atoms with E-state index >= 15 is 0 Å². The molecule has 2 nitrogen and oxygen atoms in total. The van der Waals surface area contributed by atoms with Crippen LogP contribution in [0.2, 0.25) is 0 Å². The molecule has 1 amide bonds. The fraction of sp³-hybridized carbons (Fsp3) is 0.929. The normalized spacial score (nSPS) is 38.7. The molecule has 2 unspecified atom stereocenters. The van der Waals surface area contributed by atoms with Gasteiger partial charge in [-0.2, -0.15) is 0 Å². The minimum atomic E-state index is 0.148. The fourth-order valence-electron chi connectivity index (χ4n) is 3.07. The van der Waals surface area contributed by atoms with Gasteiger partial charge in [-0.3, -0.25) is 4.79 Å². The van der Waals surface area contributed by atoms with Crippen LogP contribution >= 0.6 is 11.6 Å². The second-order valence-electron chi connectivity index (χ2n) is 5.87. The van der Waals surface area contributed by atoms with E-state index in [1.54, 1.807) is 0 Å². The SMILES string of the molecule is CC1CCC(C(=O)NC2CCCCC2Cl)CC1. The number of alkyl halides is 1. The highest BCUT2D eigenvalue weighted by Gasteiger charge is 2.29. The molecule has 0 spiro atoms. The standard InChI is InChI=1S/C14H24ClNO/c1-10-6-8-11(9-7-10)14(17)16-13-5-3-2-4-12(13)15/h10-13H,2-9H2,1H3,(H,16,17). The van der Waals surface area contributed by atoms with Crippen LogP contribution in [0.3, 0.4) is 0 Å². The molecule has 2 rings (SSSR count). The first kappa shape index (κ1) is 13.2. The number of hydrogen-bond acceptors (Lipinski definition) is 1. The average molecular weight is 258 g/mol. The number of carbonyl (C=O) groups is 1. The molecule has 0 heterocycles. The lowest BCUT2D eigenvalue weighted by Gasteiger charge is -2.31. The fourth-order valence-corrected chi connectivity index (χ4v) is 3.41. The minimum absolute atomic E-state index is 0.148. The van der Waals surface area contributed by atoms with Crippen LogP contribution in [0.1, 0.15) is 58.3 Å². The number of amides is 1. The van der Waals surface area contributed by atoms with Gasteiger partial charge in [0.25, 0.3) is 0 Å². The number of rotatable bonds is 2. The summed E-state index contributed by atoms with van der Waals surface area (Å²) in [4.78, 5) is 12.1. The first-order valence-electron chi connectivity index (χ1n) is 7.11. The van der Waals surface area contributed by atoms with Crippen molar-refractivity contribution in [3.8, 4) is 0 Å². The third-order valence-corrected chi connectivity index (χ3v) is 4.92. The van der Waals surface area contributed by atoms with Gasteiger partial charge < -0.3 is 5.32 Å². The Bertz CT molecular complexity index is 261. The Morgan fingerprint density at radius 1 is 1.06 bits per heavy atom. The maximum Gasteiger partial charge on any atom is 0.223 e. The Labute approximate surface area is 109 Å². The van der Waals surface area contributed by atoms with Crippen LogP contribution < -0.4 is 5.32 Å². The summed E-state index contributed by atoms with van der Waals surface area (Å²) in [5.41, 5.74) is 0. The van der Waals surface area contributed by atoms with Gasteiger partial charge >= 0.3 is 0 Å². The van der Waals surface area contributed by atoms with Crippen molar-refractivity contribution < 1.29 is 4.79 Å². The van der Waals surface area contributed by atoms with E-state index in [4.69, 9.17) is 11.6 Å². The zero-order valence-electron chi connectivity index (χ0n) is 10.8. The van der Waals surface area contributed by atoms with Crippen LogP contribution in [0.25, 0.3) is 0 Å². The van der Waals surface area contributed by atoms with E-state index in [0.29, 0.717) is 0 Å². The Morgan fingerprint density at radius 2 is 1.71 bits per heavy atom. The summed E-state index contributed by atoms with van der Waals surface area (Å²) in [6, 6.07) is 0.220. The molecule has 0 aliphatic heterocycles. The summed E-state index contributed by atoms with van der Waals surface area (Å²) in [6.45, 7) is 2.28. The van der Waals surface area contributed by atoms with Crippen molar-refractivity contribution in [2.24, 2.45) is 11.8 Å². The predicted molar refractivity (Wildman–Crippen MR) is 71.2 cm³/mol. The predicted octanol–water partition coefficient (Wildman–Crippen LogP) is 3.48. The molecule has 0 aromatic heterocycles. The van der Waals surface area contributed by atoms with Crippen LogP contribution in [0.5, 0.6) is 0 Å². The van der Waals surface area contributed by atoms with Crippen LogP contribution in [-0.2, 0) is 4.79 Å². The molecule has 2 saturated carbocycles. The Kier molecular flexibility index (Phi) is 4.72. The molecule has 2 aliphatic rings. The van der Waals surface area contributed by atoms with Gasteiger partial charge in [0.05, 0.1) is 5.38 Å². The first-order valence-corrected chi connectivity index (χ1v) is 7.55. The van der Waals surface area contributed by atoms with Crippen LogP contribution in [0, 0.1) is 11.8 Å². The smallest absolute Gasteiger partial charge is 0.223 e. The minimum Gasteiger partial charge on any atom is -0.352 e. The number of nitrogens with one attached hydrogen (secondary N) is 1. The molecule has 2 atom stereocenters. The molecule has 1 N–H and O–H groups in total. The summed E-state index contributed by atoms with van der Waals surface area (Å²) in [7, 11) is 0. The van der Waals surface area contributed by atoms with Gasteiger partial charge in [-0.1, -0.05) is 19.8 Å². The summed E-state index contributed by atoms with van der Waals surface area (Å²) in [5.74, 6) is 1.31. The molecule has 0 saturated heterocycles. The summed E-state index contributed by atoms with van der Waals surface area (Å²) in [5, 5.41) is 3.33. The highest BCUT2D eigenvalue weighted by molar-refractivity contribution is 6.21. The lowest BCUT2D eigenvalue weighted by molar-refractivity contribution is -0.127. The molecule has 17 heavy (non-hydrogen) atoms. The lowest BCUT2D eigenvalue weighted by Crippen LogP contribution is -2.45. The molecule has 2 fully saturated rings. The van der Waals surface area contributed by atoms with Crippen LogP contribution in [0.4, 0.5) is 0 Å². The van der Waals surface area contributed by atoms with Gasteiger partial charge in [0.1, 0.15) is 0 Å². The van der Waals surface area contributed by atoms with Crippen molar-refractivity contribution in [2.45, 2.75) is 69.7 Å². The molecule has 0 aromatic carbocycles. The zero-order chi connectivity index (χ0) is 12.3. The van der Waals surface area contributed by atoms with Crippen molar-refractivity contribution >= 4 is 17.5 Å². The number of hydrogen-bond donors (Lipinski definition) is 1. The second kappa shape index (κ2) is 6.08. The summed E-state index contributed by atoms with van der Waals surface area (Å²) < 4.78 is 0. The monoisotopic (exact) mass is 257 g/mol. The highest BCUT2D eigenvalue weighted by atomic mass is 35.5. The first-order chi connectivity index (χ1) is 8.16. The van der Waals surface area contributed by atoms with Gasteiger partial charge in [0.15, 0.2) is 0 Å². The van der Waals surface area contributed by atoms with E-state index in [-0.39, 0.29) is 23.2 Å². The van der Waals surface area contributed by atoms with Gasteiger partial charge in [-0.25, -0.2) is 0 Å². The molecule has 0 bridgehead atoms. The quantitative estimate of drug-likeness (QED) is 0.754. The van der Waals surface area contributed by atoms with Crippen LogP contribution in [-0.4, -0.2) is 17.3 Å². The van der Waals surface area contributed by atoms with Crippen molar-refractivity contribution in [1.29, 1.82) is 0 Å². The third kappa shape index (κ3) is 3.61. The molecule has 0 aromatic rings. The van der Waals surface area contributed by atoms with Gasteiger partial charge in [0, 0.05) is 12.0 Å². The van der Waals surface area contributed by atoms with E-state index in [0.717, 1.165) is 31.6 Å². The molecule has 0 radical (unpaired) electrons. The van der Waals surface area contributed by atoms with Crippen LogP contribution in [0.15, 0.2) is 0 Å². The second-order valence-corrected chi connectivity index (χ2v) is 6.43. The van der Waals surface area contributed by atoms with Gasteiger partial charge in [-0.15, -0.1) is 11.6 Å². The van der Waals surface area contributed by atoms with E-state index in [1.165, 1.54) is 25.7 Å². The number of halogens is 1. The molecule has 2 aliphatic carbocycles. The van der Waals surface area contributed by atoms with Crippen molar-refractivity contribution in [1.82, 2.24) is 5.32 Å². The summed E-state index contributed by atoms with van der Waals surface area (Å²) in [6.07, 6.45) is 9.05. The maximum absolute atomic E-state index is 12.1. The van der Waals surface area contributed by atoms with Crippen molar-refractivity contribution in [2.75, 3.05) is 0 Å².